The van der Waals surface area contributed by atoms with E-state index in [0.717, 1.165) is 22.4 Å². The Balaban J connectivity index is 1.97. The summed E-state index contributed by atoms with van der Waals surface area (Å²) in [5.41, 5.74) is 2.55. The highest BCUT2D eigenvalue weighted by Gasteiger charge is 2.14. The van der Waals surface area contributed by atoms with Crippen LogP contribution >= 0.6 is 0 Å². The molecule has 0 saturated carbocycles. The van der Waals surface area contributed by atoms with E-state index in [1.165, 1.54) is 0 Å². The Hall–Kier alpha value is -2.66. The van der Waals surface area contributed by atoms with Crippen molar-refractivity contribution in [3.05, 3.63) is 54.1 Å². The predicted molar refractivity (Wildman–Crippen MR) is 89.1 cm³/mol. The van der Waals surface area contributed by atoms with Crippen molar-refractivity contribution in [2.75, 3.05) is 6.61 Å². The summed E-state index contributed by atoms with van der Waals surface area (Å²) < 4.78 is 5.51. The molecular weight excluding hydrogens is 290 g/mol. The molecule has 0 bridgehead atoms. The molecule has 0 aliphatic carbocycles. The number of rotatable bonds is 5. The second kappa shape index (κ2) is 6.62. The van der Waals surface area contributed by atoms with Crippen molar-refractivity contribution < 1.29 is 9.84 Å². The van der Waals surface area contributed by atoms with Crippen molar-refractivity contribution in [3.63, 3.8) is 0 Å². The number of aliphatic hydroxyl groups is 1. The van der Waals surface area contributed by atoms with E-state index in [0.29, 0.717) is 18.3 Å². The van der Waals surface area contributed by atoms with Gasteiger partial charge in [-0.15, -0.1) is 0 Å². The van der Waals surface area contributed by atoms with E-state index in [2.05, 4.69) is 15.2 Å². The zero-order valence-corrected chi connectivity index (χ0v) is 13.2. The minimum absolute atomic E-state index is 0.568. The van der Waals surface area contributed by atoms with Gasteiger partial charge in [0.1, 0.15) is 5.75 Å². The fourth-order valence-electron chi connectivity index (χ4n) is 2.48. The molecule has 118 valence electrons. The third-order valence-corrected chi connectivity index (χ3v) is 3.55. The summed E-state index contributed by atoms with van der Waals surface area (Å²) in [5.74, 6) is 2.03. The summed E-state index contributed by atoms with van der Waals surface area (Å²) in [5, 5.41) is 17.2. The van der Waals surface area contributed by atoms with Gasteiger partial charge in [0.05, 0.1) is 12.7 Å². The summed E-state index contributed by atoms with van der Waals surface area (Å²) in [4.78, 5) is 4.56. The van der Waals surface area contributed by atoms with Crippen molar-refractivity contribution in [3.8, 4) is 28.5 Å². The van der Waals surface area contributed by atoms with Gasteiger partial charge >= 0.3 is 0 Å². The van der Waals surface area contributed by atoms with Gasteiger partial charge in [-0.3, -0.25) is 5.10 Å². The van der Waals surface area contributed by atoms with E-state index in [9.17, 15) is 5.11 Å². The molecular formula is C18H19N3O2. The first kappa shape index (κ1) is 15.2. The van der Waals surface area contributed by atoms with Gasteiger partial charge in [-0.25, -0.2) is 4.98 Å². The molecule has 3 rings (SSSR count). The van der Waals surface area contributed by atoms with Crippen LogP contribution in [0.1, 0.15) is 25.5 Å². The molecule has 2 aromatic carbocycles. The minimum Gasteiger partial charge on any atom is -0.494 e. The largest absolute Gasteiger partial charge is 0.494 e. The first-order valence-electron chi connectivity index (χ1n) is 7.62. The summed E-state index contributed by atoms with van der Waals surface area (Å²) in [6, 6.07) is 15.3. The maximum Gasteiger partial charge on any atom is 0.181 e. The van der Waals surface area contributed by atoms with E-state index >= 15 is 0 Å². The molecule has 5 heteroatoms. The first-order chi connectivity index (χ1) is 11.2. The Morgan fingerprint density at radius 2 is 2.00 bits per heavy atom. The number of nitrogens with one attached hydrogen (secondary N) is 1. The molecule has 0 radical (unpaired) electrons. The molecule has 0 aliphatic heterocycles. The Labute approximate surface area is 135 Å². The van der Waals surface area contributed by atoms with Crippen LogP contribution in [0.3, 0.4) is 0 Å². The molecule has 3 aromatic rings. The SMILES string of the molecule is CCOc1cccc(-c2n[nH]c(-c3ccccc3C(C)O)n2)c1. The molecule has 0 saturated heterocycles. The summed E-state index contributed by atoms with van der Waals surface area (Å²) in [6.07, 6.45) is -0.568. The van der Waals surface area contributed by atoms with Gasteiger partial charge in [-0.1, -0.05) is 36.4 Å². The highest BCUT2D eigenvalue weighted by atomic mass is 16.5. The van der Waals surface area contributed by atoms with Crippen LogP contribution in [0.15, 0.2) is 48.5 Å². The predicted octanol–water partition coefficient (Wildman–Crippen LogP) is 3.59. The van der Waals surface area contributed by atoms with Gasteiger partial charge in [-0.05, 0) is 31.5 Å². The number of H-pyrrole nitrogens is 1. The second-order valence-electron chi connectivity index (χ2n) is 5.23. The number of aromatic nitrogens is 3. The fourth-order valence-corrected chi connectivity index (χ4v) is 2.48. The van der Waals surface area contributed by atoms with Crippen molar-refractivity contribution in [2.24, 2.45) is 0 Å². The van der Waals surface area contributed by atoms with E-state index in [4.69, 9.17) is 4.74 Å². The number of nitrogens with zero attached hydrogens (tertiary/aromatic N) is 2. The third kappa shape index (κ3) is 3.24. The lowest BCUT2D eigenvalue weighted by Crippen LogP contribution is -1.95. The zero-order valence-electron chi connectivity index (χ0n) is 13.2. The van der Waals surface area contributed by atoms with Crippen LogP contribution in [0.4, 0.5) is 0 Å². The van der Waals surface area contributed by atoms with E-state index < -0.39 is 6.10 Å². The molecule has 1 unspecified atom stereocenters. The highest BCUT2D eigenvalue weighted by Crippen LogP contribution is 2.28. The Kier molecular flexibility index (Phi) is 4.39. The highest BCUT2D eigenvalue weighted by molar-refractivity contribution is 5.65. The number of aromatic amines is 1. The Bertz CT molecular complexity index is 796. The molecule has 1 heterocycles. The van der Waals surface area contributed by atoms with Crippen molar-refractivity contribution in [1.29, 1.82) is 0 Å². The fraction of sp³-hybridized carbons (Fsp3) is 0.222. The summed E-state index contributed by atoms with van der Waals surface area (Å²) >= 11 is 0. The summed E-state index contributed by atoms with van der Waals surface area (Å²) in [6.45, 7) is 4.30. The normalized spacial score (nSPS) is 12.1. The maximum absolute atomic E-state index is 9.91. The number of hydrogen-bond donors (Lipinski definition) is 2. The smallest absolute Gasteiger partial charge is 0.181 e. The Morgan fingerprint density at radius 3 is 2.78 bits per heavy atom. The average Bonchev–Trinajstić information content (AvgIpc) is 3.05. The molecule has 1 atom stereocenters. The molecule has 2 N–H and O–H groups in total. The lowest BCUT2D eigenvalue weighted by atomic mass is 10.0. The summed E-state index contributed by atoms with van der Waals surface area (Å²) in [7, 11) is 0. The number of aliphatic hydroxyl groups excluding tert-OH is 1. The van der Waals surface area contributed by atoms with Gasteiger partial charge in [0.25, 0.3) is 0 Å². The number of ether oxygens (including phenoxy) is 1. The monoisotopic (exact) mass is 309 g/mol. The zero-order chi connectivity index (χ0) is 16.2. The molecule has 5 nitrogen and oxygen atoms in total. The van der Waals surface area contributed by atoms with Crippen LogP contribution < -0.4 is 4.74 Å². The van der Waals surface area contributed by atoms with E-state index in [-0.39, 0.29) is 0 Å². The van der Waals surface area contributed by atoms with Crippen LogP contribution in [0, 0.1) is 0 Å². The molecule has 1 aromatic heterocycles. The Morgan fingerprint density at radius 1 is 1.17 bits per heavy atom. The van der Waals surface area contributed by atoms with Crippen molar-refractivity contribution in [1.82, 2.24) is 15.2 Å². The van der Waals surface area contributed by atoms with Gasteiger partial charge in [0, 0.05) is 11.1 Å². The standard InChI is InChI=1S/C18H19N3O2/c1-3-23-14-8-6-7-13(11-14)17-19-18(21-20-17)16-10-5-4-9-15(16)12(2)22/h4-12,22H,3H2,1-2H3,(H,19,20,21). The van der Waals surface area contributed by atoms with Crippen LogP contribution in [0.25, 0.3) is 22.8 Å². The lowest BCUT2D eigenvalue weighted by Gasteiger charge is -2.09. The average molecular weight is 309 g/mol. The van der Waals surface area contributed by atoms with Crippen LogP contribution in [0.2, 0.25) is 0 Å². The van der Waals surface area contributed by atoms with E-state index in [1.807, 2.05) is 55.5 Å². The van der Waals surface area contributed by atoms with Gasteiger partial charge in [0.2, 0.25) is 0 Å². The molecule has 0 amide bonds. The second-order valence-corrected chi connectivity index (χ2v) is 5.23. The quantitative estimate of drug-likeness (QED) is 0.755. The van der Waals surface area contributed by atoms with Crippen LogP contribution in [0.5, 0.6) is 5.75 Å². The van der Waals surface area contributed by atoms with Crippen LogP contribution in [-0.4, -0.2) is 26.9 Å². The molecule has 0 fully saturated rings. The van der Waals surface area contributed by atoms with Gasteiger partial charge < -0.3 is 9.84 Å². The maximum atomic E-state index is 9.91. The van der Waals surface area contributed by atoms with Gasteiger partial charge in [-0.2, -0.15) is 5.10 Å². The number of hydrogen-bond acceptors (Lipinski definition) is 4. The van der Waals surface area contributed by atoms with Crippen molar-refractivity contribution >= 4 is 0 Å². The molecule has 0 aliphatic rings. The van der Waals surface area contributed by atoms with E-state index in [1.54, 1.807) is 6.92 Å². The molecule has 0 spiro atoms. The van der Waals surface area contributed by atoms with Crippen molar-refractivity contribution in [2.45, 2.75) is 20.0 Å². The number of benzene rings is 2. The van der Waals surface area contributed by atoms with Gasteiger partial charge in [0.15, 0.2) is 11.6 Å². The van der Waals surface area contributed by atoms with Crippen LogP contribution in [-0.2, 0) is 0 Å². The topological polar surface area (TPSA) is 71.0 Å². The minimum atomic E-state index is -0.568. The third-order valence-electron chi connectivity index (χ3n) is 3.55. The molecule has 23 heavy (non-hydrogen) atoms. The lowest BCUT2D eigenvalue weighted by molar-refractivity contribution is 0.200. The first-order valence-corrected chi connectivity index (χ1v) is 7.62.